The first-order chi connectivity index (χ1) is 18.3. The van der Waals surface area contributed by atoms with Gasteiger partial charge >= 0.3 is 0 Å². The summed E-state index contributed by atoms with van der Waals surface area (Å²) in [6.07, 6.45) is 2.18. The van der Waals surface area contributed by atoms with Crippen LogP contribution in [-0.4, -0.2) is 14.0 Å². The number of fused-ring (bicyclic) bond motifs is 9. The molecule has 0 saturated heterocycles. The van der Waals surface area contributed by atoms with Gasteiger partial charge in [-0.25, -0.2) is 4.98 Å². The Hall–Kier alpha value is -4.41. The molecule has 0 bridgehead atoms. The highest BCUT2D eigenvalue weighted by Crippen LogP contribution is 2.36. The van der Waals surface area contributed by atoms with Crippen LogP contribution in [0.3, 0.4) is 0 Å². The summed E-state index contributed by atoms with van der Waals surface area (Å²) in [6.45, 7) is 0. The molecule has 0 spiro atoms. The van der Waals surface area contributed by atoms with E-state index in [-0.39, 0.29) is 0 Å². The molecular formula is C33H20BrN3. The van der Waals surface area contributed by atoms with E-state index in [0.717, 1.165) is 27.1 Å². The monoisotopic (exact) mass is 537 g/mol. The standard InChI is InChI=1S/C33H20BrN3/c34-22-8-7-9-23(19-22)37-31-15-6-4-12-26(31)28-18-21(16-17-32(28)37)29-20-36-30-14-5-3-11-25(30)24-10-1-2-13-27(24)33(36)35-29/h1-20H. The summed E-state index contributed by atoms with van der Waals surface area (Å²) in [7, 11) is 0. The summed E-state index contributed by atoms with van der Waals surface area (Å²) in [5.41, 5.74) is 7.76. The predicted octanol–water partition coefficient (Wildman–Crippen LogP) is 9.17. The molecule has 174 valence electrons. The summed E-state index contributed by atoms with van der Waals surface area (Å²) in [5, 5.41) is 6.09. The van der Waals surface area contributed by atoms with E-state index < -0.39 is 0 Å². The molecule has 0 N–H and O–H groups in total. The normalized spacial score (nSPS) is 11.9. The van der Waals surface area contributed by atoms with E-state index >= 15 is 0 Å². The molecule has 0 radical (unpaired) electrons. The number of nitrogens with zero attached hydrogens (tertiary/aromatic N) is 3. The largest absolute Gasteiger partial charge is 0.309 e. The summed E-state index contributed by atoms with van der Waals surface area (Å²) >= 11 is 3.65. The van der Waals surface area contributed by atoms with Gasteiger partial charge in [-0.1, -0.05) is 88.7 Å². The third-order valence-corrected chi connectivity index (χ3v) is 7.86. The Labute approximate surface area is 221 Å². The van der Waals surface area contributed by atoms with Crippen molar-refractivity contribution < 1.29 is 0 Å². The minimum Gasteiger partial charge on any atom is -0.309 e. The van der Waals surface area contributed by atoms with Gasteiger partial charge in [0.15, 0.2) is 0 Å². The molecule has 37 heavy (non-hydrogen) atoms. The quantitative estimate of drug-likeness (QED) is 0.201. The first kappa shape index (κ1) is 20.7. The maximum Gasteiger partial charge on any atom is 0.145 e. The lowest BCUT2D eigenvalue weighted by molar-refractivity contribution is 1.18. The van der Waals surface area contributed by atoms with Gasteiger partial charge in [0.25, 0.3) is 0 Å². The third kappa shape index (κ3) is 3.03. The Morgan fingerprint density at radius 1 is 0.541 bits per heavy atom. The van der Waals surface area contributed by atoms with Crippen LogP contribution in [0.5, 0.6) is 0 Å². The van der Waals surface area contributed by atoms with Gasteiger partial charge in [-0.3, -0.25) is 4.40 Å². The summed E-state index contributed by atoms with van der Waals surface area (Å²) < 4.78 is 5.64. The highest BCUT2D eigenvalue weighted by molar-refractivity contribution is 9.10. The zero-order chi connectivity index (χ0) is 24.5. The van der Waals surface area contributed by atoms with Crippen LogP contribution in [0.4, 0.5) is 0 Å². The Morgan fingerprint density at radius 3 is 2.03 bits per heavy atom. The molecule has 5 aromatic carbocycles. The molecular weight excluding hydrogens is 518 g/mol. The Balaban J connectivity index is 1.41. The Morgan fingerprint density at radius 2 is 1.22 bits per heavy atom. The van der Waals surface area contributed by atoms with Crippen molar-refractivity contribution in [1.29, 1.82) is 0 Å². The van der Waals surface area contributed by atoms with E-state index in [1.807, 2.05) is 0 Å². The van der Waals surface area contributed by atoms with Crippen LogP contribution in [0.25, 0.3) is 66.1 Å². The molecule has 0 saturated carbocycles. The number of hydrogen-bond acceptors (Lipinski definition) is 1. The second-order valence-electron chi connectivity index (χ2n) is 9.45. The topological polar surface area (TPSA) is 22.2 Å². The molecule has 0 atom stereocenters. The molecule has 4 heteroatoms. The number of para-hydroxylation sites is 2. The van der Waals surface area contributed by atoms with Crippen LogP contribution in [0.2, 0.25) is 0 Å². The average Bonchev–Trinajstić information content (AvgIpc) is 3.53. The van der Waals surface area contributed by atoms with E-state index in [1.54, 1.807) is 0 Å². The van der Waals surface area contributed by atoms with Crippen molar-refractivity contribution in [2.45, 2.75) is 0 Å². The van der Waals surface area contributed by atoms with E-state index in [9.17, 15) is 0 Å². The lowest BCUT2D eigenvalue weighted by atomic mass is 10.1. The Bertz CT molecular complexity index is 2090. The molecule has 3 aromatic heterocycles. The average molecular weight is 538 g/mol. The van der Waals surface area contributed by atoms with Crippen molar-refractivity contribution in [2.24, 2.45) is 0 Å². The second-order valence-corrected chi connectivity index (χ2v) is 10.4. The van der Waals surface area contributed by atoms with Gasteiger partial charge in [-0.15, -0.1) is 0 Å². The maximum absolute atomic E-state index is 5.17. The molecule has 8 aromatic rings. The van der Waals surface area contributed by atoms with Gasteiger partial charge < -0.3 is 4.57 Å². The number of aromatic nitrogens is 3. The van der Waals surface area contributed by atoms with Crippen molar-refractivity contribution in [1.82, 2.24) is 14.0 Å². The molecule has 0 aliphatic heterocycles. The van der Waals surface area contributed by atoms with Gasteiger partial charge in [0, 0.05) is 43.5 Å². The molecule has 0 aliphatic rings. The van der Waals surface area contributed by atoms with Crippen molar-refractivity contribution in [2.75, 3.05) is 0 Å². The third-order valence-electron chi connectivity index (χ3n) is 7.36. The number of benzene rings is 5. The number of pyridine rings is 1. The van der Waals surface area contributed by atoms with Crippen LogP contribution >= 0.6 is 15.9 Å². The van der Waals surface area contributed by atoms with E-state index in [1.165, 1.54) is 43.5 Å². The molecule has 3 heterocycles. The molecule has 8 rings (SSSR count). The van der Waals surface area contributed by atoms with Crippen LogP contribution in [0.15, 0.2) is 126 Å². The SMILES string of the molecule is Brc1cccc(-n2c3ccccc3c3cc(-c4cn5c6ccccc6c6ccccc6c5n4)ccc32)c1. The van der Waals surface area contributed by atoms with Crippen LogP contribution in [0, 0.1) is 0 Å². The fourth-order valence-corrected chi connectivity index (χ4v) is 6.13. The van der Waals surface area contributed by atoms with E-state index in [0.29, 0.717) is 0 Å². The molecule has 0 amide bonds. The lowest BCUT2D eigenvalue weighted by Crippen LogP contribution is -1.93. The number of rotatable bonds is 2. The van der Waals surface area contributed by atoms with Gasteiger partial charge in [0.05, 0.1) is 22.2 Å². The van der Waals surface area contributed by atoms with E-state index in [2.05, 4.69) is 146 Å². The predicted molar refractivity (Wildman–Crippen MR) is 158 cm³/mol. The second kappa shape index (κ2) is 7.79. The van der Waals surface area contributed by atoms with Crippen molar-refractivity contribution in [3.05, 3.63) is 126 Å². The highest BCUT2D eigenvalue weighted by Gasteiger charge is 2.16. The first-order valence-corrected chi connectivity index (χ1v) is 13.1. The fourth-order valence-electron chi connectivity index (χ4n) is 5.74. The van der Waals surface area contributed by atoms with Gasteiger partial charge in [0.1, 0.15) is 5.65 Å². The van der Waals surface area contributed by atoms with Crippen LogP contribution < -0.4 is 0 Å². The number of hydrogen-bond donors (Lipinski definition) is 0. The molecule has 0 fully saturated rings. The van der Waals surface area contributed by atoms with Crippen molar-refractivity contribution in [3.8, 4) is 16.9 Å². The summed E-state index contributed by atoms with van der Waals surface area (Å²) in [6, 6.07) is 40.9. The maximum atomic E-state index is 5.17. The minimum absolute atomic E-state index is 0.975. The fraction of sp³-hybridized carbons (Fsp3) is 0. The van der Waals surface area contributed by atoms with Gasteiger partial charge in [-0.2, -0.15) is 0 Å². The zero-order valence-corrected chi connectivity index (χ0v) is 21.4. The number of imidazole rings is 1. The van der Waals surface area contributed by atoms with Crippen molar-refractivity contribution >= 4 is 65.1 Å². The smallest absolute Gasteiger partial charge is 0.145 e. The zero-order valence-electron chi connectivity index (χ0n) is 19.8. The van der Waals surface area contributed by atoms with Gasteiger partial charge in [0.2, 0.25) is 0 Å². The highest BCUT2D eigenvalue weighted by atomic mass is 79.9. The molecule has 0 aliphatic carbocycles. The van der Waals surface area contributed by atoms with Crippen molar-refractivity contribution in [3.63, 3.8) is 0 Å². The summed E-state index contributed by atoms with van der Waals surface area (Å²) in [5.74, 6) is 0. The number of halogens is 1. The minimum atomic E-state index is 0.975. The molecule has 0 unspecified atom stereocenters. The first-order valence-electron chi connectivity index (χ1n) is 12.3. The Kier molecular flexibility index (Phi) is 4.37. The van der Waals surface area contributed by atoms with Gasteiger partial charge in [-0.05, 0) is 47.9 Å². The molecule has 3 nitrogen and oxygen atoms in total. The van der Waals surface area contributed by atoms with Crippen LogP contribution in [-0.2, 0) is 0 Å². The van der Waals surface area contributed by atoms with E-state index in [4.69, 9.17) is 4.98 Å². The van der Waals surface area contributed by atoms with Crippen LogP contribution in [0.1, 0.15) is 0 Å². The lowest BCUT2D eigenvalue weighted by Gasteiger charge is -2.08. The summed E-state index contributed by atoms with van der Waals surface area (Å²) in [4.78, 5) is 5.17.